The molecule has 74 valence electrons. The minimum absolute atomic E-state index is 0.374. The van der Waals surface area contributed by atoms with E-state index < -0.39 is 20.8 Å². The topological polar surface area (TPSA) is 60.4 Å². The summed E-state index contributed by atoms with van der Waals surface area (Å²) >= 11 is 1.11. The van der Waals surface area contributed by atoms with Gasteiger partial charge in [-0.25, -0.2) is 4.79 Å². The van der Waals surface area contributed by atoms with Gasteiger partial charge < -0.3 is 4.74 Å². The molecule has 1 heterocycles. The first kappa shape index (κ1) is 10.7. The molecule has 13 heavy (non-hydrogen) atoms. The molecule has 1 fully saturated rings. The van der Waals surface area contributed by atoms with Crippen LogP contribution in [-0.2, 0) is 25.1 Å². The van der Waals surface area contributed by atoms with E-state index in [9.17, 15) is 13.8 Å². The third-order valence-electron chi connectivity index (χ3n) is 1.81. The maximum atomic E-state index is 11.5. The molecule has 4 nitrogen and oxygen atoms in total. The molecule has 0 bridgehead atoms. The van der Waals surface area contributed by atoms with Crippen molar-refractivity contribution in [3.8, 4) is 0 Å². The molecular formula is C7H10O4S2. The second-order valence-corrected chi connectivity index (χ2v) is 5.84. The molecule has 0 radical (unpaired) electrons. The summed E-state index contributed by atoms with van der Waals surface area (Å²) < 4.78 is 14.6. The van der Waals surface area contributed by atoms with Crippen LogP contribution in [-0.4, -0.2) is 38.7 Å². The van der Waals surface area contributed by atoms with Crippen molar-refractivity contribution in [3.05, 3.63) is 0 Å². The summed E-state index contributed by atoms with van der Waals surface area (Å²) in [5.74, 6) is -0.151. The summed E-state index contributed by atoms with van der Waals surface area (Å²) in [5.41, 5.74) is 0. The first-order chi connectivity index (χ1) is 6.05. The van der Waals surface area contributed by atoms with Gasteiger partial charge in [0.2, 0.25) is 4.08 Å². The fraction of sp³-hybridized carbons (Fsp3) is 0.714. The second-order valence-electron chi connectivity index (χ2n) is 2.56. The fourth-order valence-electron chi connectivity index (χ4n) is 1.16. The zero-order chi connectivity index (χ0) is 10.1. The van der Waals surface area contributed by atoms with Crippen LogP contribution in [0.1, 0.15) is 6.92 Å². The SMILES string of the molecule is COC(=O)[C@@]1(C(C)=O)SCC[S@]1=O. The quantitative estimate of drug-likeness (QED) is 0.484. The summed E-state index contributed by atoms with van der Waals surface area (Å²) in [6.45, 7) is 1.27. The first-order valence-electron chi connectivity index (χ1n) is 3.67. The van der Waals surface area contributed by atoms with Gasteiger partial charge in [-0.2, -0.15) is 0 Å². The summed E-state index contributed by atoms with van der Waals surface area (Å²) in [5, 5.41) is 0. The number of ketones is 1. The zero-order valence-electron chi connectivity index (χ0n) is 7.36. The van der Waals surface area contributed by atoms with E-state index in [-0.39, 0.29) is 5.78 Å². The van der Waals surface area contributed by atoms with Gasteiger partial charge in [0.05, 0.1) is 17.9 Å². The molecule has 0 spiro atoms. The van der Waals surface area contributed by atoms with Crippen LogP contribution in [0, 0.1) is 0 Å². The summed E-state index contributed by atoms with van der Waals surface area (Å²) in [4.78, 5) is 22.6. The van der Waals surface area contributed by atoms with Crippen LogP contribution in [0.15, 0.2) is 0 Å². The van der Waals surface area contributed by atoms with Gasteiger partial charge in [-0.1, -0.05) is 0 Å². The van der Waals surface area contributed by atoms with E-state index in [0.29, 0.717) is 11.5 Å². The van der Waals surface area contributed by atoms with Gasteiger partial charge in [0.25, 0.3) is 0 Å². The molecule has 0 N–H and O–H groups in total. The van der Waals surface area contributed by atoms with Crippen molar-refractivity contribution in [1.82, 2.24) is 0 Å². The van der Waals surface area contributed by atoms with Gasteiger partial charge in [-0.3, -0.25) is 9.00 Å². The molecule has 0 aromatic heterocycles. The highest BCUT2D eigenvalue weighted by molar-refractivity contribution is 8.17. The van der Waals surface area contributed by atoms with Gasteiger partial charge in [0, 0.05) is 11.5 Å². The number of thioether (sulfide) groups is 1. The number of Topliss-reactive ketones (excluding diaryl/α,β-unsaturated/α-hetero) is 1. The van der Waals surface area contributed by atoms with Crippen molar-refractivity contribution < 1.29 is 18.5 Å². The van der Waals surface area contributed by atoms with E-state index in [1.54, 1.807) is 0 Å². The number of carbonyl (C=O) groups is 2. The minimum Gasteiger partial charge on any atom is -0.467 e. The number of hydrogen-bond donors (Lipinski definition) is 0. The highest BCUT2D eigenvalue weighted by Crippen LogP contribution is 2.37. The van der Waals surface area contributed by atoms with Gasteiger partial charge in [-0.15, -0.1) is 11.8 Å². The molecule has 6 heteroatoms. The Morgan fingerprint density at radius 3 is 2.46 bits per heavy atom. The Morgan fingerprint density at radius 2 is 2.15 bits per heavy atom. The average molecular weight is 222 g/mol. The first-order valence-corrected chi connectivity index (χ1v) is 5.98. The maximum absolute atomic E-state index is 11.5. The highest BCUT2D eigenvalue weighted by atomic mass is 32.2. The average Bonchev–Trinajstić information content (AvgIpc) is 2.47. The Balaban J connectivity index is 3.08. The molecule has 0 unspecified atom stereocenters. The molecule has 1 aliphatic rings. The smallest absolute Gasteiger partial charge is 0.342 e. The molecule has 0 aromatic carbocycles. The standard InChI is InChI=1S/C7H10O4S2/c1-5(8)7(6(9)11-2)12-3-4-13(7)10/h3-4H2,1-2H3/t7-,13+/m0/s1. The van der Waals surface area contributed by atoms with Crippen molar-refractivity contribution in [2.24, 2.45) is 0 Å². The molecular weight excluding hydrogens is 212 g/mol. The lowest BCUT2D eigenvalue weighted by molar-refractivity contribution is -0.143. The molecule has 0 saturated carbocycles. The molecule has 0 aromatic rings. The Bertz CT molecular complexity index is 276. The van der Waals surface area contributed by atoms with Crippen molar-refractivity contribution in [1.29, 1.82) is 0 Å². The van der Waals surface area contributed by atoms with Crippen LogP contribution in [0.25, 0.3) is 0 Å². The summed E-state index contributed by atoms with van der Waals surface area (Å²) in [7, 11) is -0.243. The second kappa shape index (κ2) is 3.79. The third-order valence-corrected chi connectivity index (χ3v) is 5.92. The number of hydrogen-bond acceptors (Lipinski definition) is 5. The van der Waals surface area contributed by atoms with Crippen molar-refractivity contribution in [2.75, 3.05) is 18.6 Å². The summed E-state index contributed by atoms with van der Waals surface area (Å²) in [6.07, 6.45) is 0. The number of methoxy groups -OCH3 is 1. The minimum atomic E-state index is -1.45. The van der Waals surface area contributed by atoms with Gasteiger partial charge in [-0.05, 0) is 6.92 Å². The number of carbonyl (C=O) groups excluding carboxylic acids is 2. The molecule has 0 aliphatic carbocycles. The van der Waals surface area contributed by atoms with Crippen LogP contribution in [0.4, 0.5) is 0 Å². The Morgan fingerprint density at radius 1 is 1.54 bits per heavy atom. The maximum Gasteiger partial charge on any atom is 0.342 e. The van der Waals surface area contributed by atoms with E-state index in [0.717, 1.165) is 11.8 Å². The highest BCUT2D eigenvalue weighted by Gasteiger charge is 2.54. The number of ether oxygens (including phenoxy) is 1. The Kier molecular flexibility index (Phi) is 3.13. The number of rotatable bonds is 2. The van der Waals surface area contributed by atoms with Crippen molar-refractivity contribution in [3.63, 3.8) is 0 Å². The molecule has 0 amide bonds. The van der Waals surface area contributed by atoms with Crippen LogP contribution in [0.5, 0.6) is 0 Å². The predicted octanol–water partition coefficient (Wildman–Crippen LogP) is -0.0598. The lowest BCUT2D eigenvalue weighted by atomic mass is 10.3. The van der Waals surface area contributed by atoms with Gasteiger partial charge >= 0.3 is 5.97 Å². The predicted molar refractivity (Wildman–Crippen MR) is 50.9 cm³/mol. The van der Waals surface area contributed by atoms with E-state index in [1.807, 2.05) is 0 Å². The van der Waals surface area contributed by atoms with Gasteiger partial charge in [0.1, 0.15) is 0 Å². The normalized spacial score (nSPS) is 32.9. The molecule has 1 saturated heterocycles. The van der Waals surface area contributed by atoms with E-state index in [2.05, 4.69) is 4.74 Å². The fourth-order valence-corrected chi connectivity index (χ4v) is 4.70. The largest absolute Gasteiger partial charge is 0.467 e. The van der Waals surface area contributed by atoms with Crippen LogP contribution in [0.2, 0.25) is 0 Å². The van der Waals surface area contributed by atoms with Crippen LogP contribution < -0.4 is 0 Å². The molecule has 2 atom stereocenters. The van der Waals surface area contributed by atoms with E-state index >= 15 is 0 Å². The summed E-state index contributed by atoms with van der Waals surface area (Å²) in [6, 6.07) is 0. The van der Waals surface area contributed by atoms with E-state index in [1.165, 1.54) is 14.0 Å². The molecule has 1 aliphatic heterocycles. The van der Waals surface area contributed by atoms with Crippen molar-refractivity contribution >= 4 is 34.3 Å². The lowest BCUT2D eigenvalue weighted by Crippen LogP contribution is -2.44. The third kappa shape index (κ3) is 1.52. The van der Waals surface area contributed by atoms with Gasteiger partial charge in [0.15, 0.2) is 5.78 Å². The lowest BCUT2D eigenvalue weighted by Gasteiger charge is -2.19. The number of esters is 1. The molecule has 1 rings (SSSR count). The Hall–Kier alpha value is -0.360. The Labute approximate surface area is 82.9 Å². The monoisotopic (exact) mass is 222 g/mol. The zero-order valence-corrected chi connectivity index (χ0v) is 9.00. The van der Waals surface area contributed by atoms with E-state index in [4.69, 9.17) is 0 Å². The van der Waals surface area contributed by atoms with Crippen molar-refractivity contribution in [2.45, 2.75) is 11.0 Å². The van der Waals surface area contributed by atoms with Crippen LogP contribution >= 0.6 is 11.8 Å². The van der Waals surface area contributed by atoms with Crippen LogP contribution in [0.3, 0.4) is 0 Å².